The fourth-order valence-electron chi connectivity index (χ4n) is 1.04. The molecule has 10 heavy (non-hydrogen) atoms. The lowest BCUT2D eigenvalue weighted by Crippen LogP contribution is -2.20. The number of hydrogen-bond acceptors (Lipinski definition) is 2. The molecule has 0 bridgehead atoms. The van der Waals surface area contributed by atoms with Crippen LogP contribution in [-0.2, 0) is 5.54 Å². The molecule has 0 atom stereocenters. The van der Waals surface area contributed by atoms with E-state index in [1.54, 1.807) is 0 Å². The summed E-state index contributed by atoms with van der Waals surface area (Å²) in [4.78, 5) is 7.31. The van der Waals surface area contributed by atoms with E-state index in [2.05, 4.69) is 9.97 Å². The third-order valence-corrected chi connectivity index (χ3v) is 1.96. The maximum absolute atomic E-state index is 5.89. The highest BCUT2D eigenvalue weighted by Crippen LogP contribution is 2.40. The minimum absolute atomic E-state index is 0.103. The van der Waals surface area contributed by atoms with Crippen LogP contribution in [0.5, 0.6) is 0 Å². The summed E-state index contributed by atoms with van der Waals surface area (Å²) in [7, 11) is 0. The second-order valence-electron chi connectivity index (χ2n) is 3.07. The summed E-state index contributed by atoms with van der Waals surface area (Å²) >= 11 is 0. The number of aromatic nitrogens is 2. The van der Waals surface area contributed by atoms with Crippen molar-refractivity contribution < 1.29 is 0 Å². The van der Waals surface area contributed by atoms with Crippen molar-refractivity contribution in [2.45, 2.75) is 25.3 Å². The van der Waals surface area contributed by atoms with Crippen molar-refractivity contribution in [2.24, 2.45) is 5.73 Å². The number of nitrogens with one attached hydrogen (secondary N) is 1. The lowest BCUT2D eigenvalue weighted by molar-refractivity contribution is 0.683. The molecule has 0 amide bonds. The number of rotatable bonds is 1. The zero-order valence-electron chi connectivity index (χ0n) is 6.02. The molecule has 1 aliphatic rings. The Morgan fingerprint density at radius 2 is 2.40 bits per heavy atom. The zero-order valence-corrected chi connectivity index (χ0v) is 6.02. The molecule has 0 aliphatic heterocycles. The van der Waals surface area contributed by atoms with Crippen LogP contribution in [0, 0.1) is 6.92 Å². The van der Waals surface area contributed by atoms with Crippen molar-refractivity contribution >= 4 is 0 Å². The van der Waals surface area contributed by atoms with Crippen molar-refractivity contribution in [1.29, 1.82) is 0 Å². The molecule has 0 spiro atoms. The molecule has 1 saturated carbocycles. The summed E-state index contributed by atoms with van der Waals surface area (Å²) < 4.78 is 0. The van der Waals surface area contributed by atoms with Crippen LogP contribution in [0.1, 0.15) is 24.4 Å². The number of H-pyrrole nitrogens is 1. The van der Waals surface area contributed by atoms with Gasteiger partial charge in [0.2, 0.25) is 0 Å². The summed E-state index contributed by atoms with van der Waals surface area (Å²) in [5.41, 5.74) is 6.87. The molecular formula is C7H11N3. The molecule has 1 heterocycles. The van der Waals surface area contributed by atoms with Crippen LogP contribution in [0.3, 0.4) is 0 Å². The van der Waals surface area contributed by atoms with E-state index in [4.69, 9.17) is 5.73 Å². The van der Waals surface area contributed by atoms with E-state index in [1.165, 1.54) is 0 Å². The third-order valence-electron chi connectivity index (χ3n) is 1.96. The van der Waals surface area contributed by atoms with Gasteiger partial charge in [0, 0.05) is 11.9 Å². The van der Waals surface area contributed by atoms with Crippen molar-refractivity contribution in [3.8, 4) is 0 Å². The Morgan fingerprint density at radius 3 is 2.80 bits per heavy atom. The summed E-state index contributed by atoms with van der Waals surface area (Å²) in [5.74, 6) is 0.949. The second kappa shape index (κ2) is 1.61. The lowest BCUT2D eigenvalue weighted by Gasteiger charge is -2.01. The van der Waals surface area contributed by atoms with Crippen LogP contribution in [0.2, 0.25) is 0 Å². The fourth-order valence-corrected chi connectivity index (χ4v) is 1.04. The van der Waals surface area contributed by atoms with Gasteiger partial charge in [-0.05, 0) is 19.8 Å². The first-order chi connectivity index (χ1) is 4.71. The van der Waals surface area contributed by atoms with E-state index in [0.29, 0.717) is 0 Å². The first-order valence-electron chi connectivity index (χ1n) is 3.52. The maximum atomic E-state index is 5.89. The Bertz CT molecular complexity index is 247. The normalized spacial score (nSPS) is 21.0. The SMILES string of the molecule is Cc1cnc(C2(N)CC2)[nH]1. The van der Waals surface area contributed by atoms with Gasteiger partial charge in [0.05, 0.1) is 5.54 Å². The van der Waals surface area contributed by atoms with Crippen molar-refractivity contribution in [2.75, 3.05) is 0 Å². The highest BCUT2D eigenvalue weighted by Gasteiger charge is 2.42. The van der Waals surface area contributed by atoms with E-state index in [1.807, 2.05) is 13.1 Å². The van der Waals surface area contributed by atoms with Gasteiger partial charge in [-0.1, -0.05) is 0 Å². The van der Waals surface area contributed by atoms with E-state index < -0.39 is 0 Å². The minimum atomic E-state index is -0.103. The van der Waals surface area contributed by atoms with Crippen LogP contribution in [0.15, 0.2) is 6.20 Å². The molecule has 1 fully saturated rings. The van der Waals surface area contributed by atoms with Crippen LogP contribution in [0.4, 0.5) is 0 Å². The highest BCUT2D eigenvalue weighted by molar-refractivity contribution is 5.16. The minimum Gasteiger partial charge on any atom is -0.345 e. The molecule has 3 heteroatoms. The summed E-state index contributed by atoms with van der Waals surface area (Å²) in [5, 5.41) is 0. The molecule has 1 aliphatic carbocycles. The molecule has 0 radical (unpaired) electrons. The predicted molar refractivity (Wildman–Crippen MR) is 38.4 cm³/mol. The lowest BCUT2D eigenvalue weighted by atomic mass is 10.3. The van der Waals surface area contributed by atoms with Gasteiger partial charge < -0.3 is 10.7 Å². The molecule has 1 aromatic rings. The van der Waals surface area contributed by atoms with E-state index in [9.17, 15) is 0 Å². The Hall–Kier alpha value is -0.830. The molecular weight excluding hydrogens is 126 g/mol. The van der Waals surface area contributed by atoms with Crippen molar-refractivity contribution in [3.63, 3.8) is 0 Å². The zero-order chi connectivity index (χ0) is 7.19. The predicted octanol–water partition coefficient (Wildman–Crippen LogP) is 0.666. The molecule has 0 saturated heterocycles. The smallest absolute Gasteiger partial charge is 0.126 e. The molecule has 0 unspecified atom stereocenters. The second-order valence-corrected chi connectivity index (χ2v) is 3.07. The summed E-state index contributed by atoms with van der Waals surface area (Å²) in [6.07, 6.45) is 3.96. The molecule has 2 rings (SSSR count). The van der Waals surface area contributed by atoms with Crippen LogP contribution in [-0.4, -0.2) is 9.97 Å². The van der Waals surface area contributed by atoms with Crippen molar-refractivity contribution in [1.82, 2.24) is 9.97 Å². The number of nitrogens with two attached hydrogens (primary N) is 1. The standard InChI is InChI=1S/C7H11N3/c1-5-4-9-6(10-5)7(8)2-3-7/h4H,2-3,8H2,1H3,(H,9,10). The topological polar surface area (TPSA) is 54.7 Å². The molecule has 1 aromatic heterocycles. The fraction of sp³-hybridized carbons (Fsp3) is 0.571. The Labute approximate surface area is 59.7 Å². The summed E-state index contributed by atoms with van der Waals surface area (Å²) in [6.45, 7) is 1.99. The molecule has 3 nitrogen and oxygen atoms in total. The van der Waals surface area contributed by atoms with Gasteiger partial charge in [-0.15, -0.1) is 0 Å². The van der Waals surface area contributed by atoms with Gasteiger partial charge in [0.25, 0.3) is 0 Å². The molecule has 54 valence electrons. The van der Waals surface area contributed by atoms with Crippen LogP contribution >= 0.6 is 0 Å². The largest absolute Gasteiger partial charge is 0.345 e. The quantitative estimate of drug-likeness (QED) is 0.597. The monoisotopic (exact) mass is 137 g/mol. The number of aryl methyl sites for hydroxylation is 1. The van der Waals surface area contributed by atoms with E-state index in [0.717, 1.165) is 24.4 Å². The average Bonchev–Trinajstić information content (AvgIpc) is 2.45. The molecule has 0 aromatic carbocycles. The van der Waals surface area contributed by atoms with Gasteiger partial charge >= 0.3 is 0 Å². The van der Waals surface area contributed by atoms with Gasteiger partial charge in [-0.3, -0.25) is 0 Å². The van der Waals surface area contributed by atoms with Gasteiger partial charge in [0.15, 0.2) is 0 Å². The first kappa shape index (κ1) is 5.92. The Morgan fingerprint density at radius 1 is 1.70 bits per heavy atom. The molecule has 3 N–H and O–H groups in total. The average molecular weight is 137 g/mol. The van der Waals surface area contributed by atoms with E-state index in [-0.39, 0.29) is 5.54 Å². The highest BCUT2D eigenvalue weighted by atomic mass is 15.0. The van der Waals surface area contributed by atoms with E-state index >= 15 is 0 Å². The Kier molecular flexibility index (Phi) is 0.951. The Balaban J connectivity index is 2.34. The van der Waals surface area contributed by atoms with Gasteiger partial charge in [-0.25, -0.2) is 4.98 Å². The maximum Gasteiger partial charge on any atom is 0.126 e. The van der Waals surface area contributed by atoms with Crippen LogP contribution in [0.25, 0.3) is 0 Å². The third kappa shape index (κ3) is 0.743. The van der Waals surface area contributed by atoms with Crippen molar-refractivity contribution in [3.05, 3.63) is 17.7 Å². The number of imidazole rings is 1. The number of hydrogen-bond donors (Lipinski definition) is 2. The summed E-state index contributed by atoms with van der Waals surface area (Å²) in [6, 6.07) is 0. The van der Waals surface area contributed by atoms with Gasteiger partial charge in [-0.2, -0.15) is 0 Å². The van der Waals surface area contributed by atoms with Crippen LogP contribution < -0.4 is 5.73 Å². The first-order valence-corrected chi connectivity index (χ1v) is 3.52. The van der Waals surface area contributed by atoms with Gasteiger partial charge in [0.1, 0.15) is 5.82 Å². The number of nitrogens with zero attached hydrogens (tertiary/aromatic N) is 1. The number of aromatic amines is 1.